The van der Waals surface area contributed by atoms with Gasteiger partial charge in [-0.25, -0.2) is 0 Å². The molecule has 1 aromatic carbocycles. The minimum absolute atomic E-state index is 0.107. The van der Waals surface area contributed by atoms with Crippen LogP contribution in [0.5, 0.6) is 0 Å². The number of benzene rings is 1. The van der Waals surface area contributed by atoms with Gasteiger partial charge in [-0.2, -0.15) is 0 Å². The van der Waals surface area contributed by atoms with Crippen LogP contribution in [0.1, 0.15) is 42.8 Å². The van der Waals surface area contributed by atoms with E-state index in [0.717, 1.165) is 28.2 Å². The first-order valence-electron chi connectivity index (χ1n) is 8.33. The van der Waals surface area contributed by atoms with E-state index in [1.807, 2.05) is 32.0 Å². The summed E-state index contributed by atoms with van der Waals surface area (Å²) in [6, 6.07) is 5.75. The first-order valence-corrected chi connectivity index (χ1v) is 9.15. The number of carbonyl (C=O) groups excluding carboxylic acids is 2. The van der Waals surface area contributed by atoms with Crippen molar-refractivity contribution < 1.29 is 9.59 Å². The van der Waals surface area contributed by atoms with Crippen LogP contribution >= 0.6 is 11.3 Å². The lowest BCUT2D eigenvalue weighted by Gasteiger charge is -2.10. The Balaban J connectivity index is 1.80. The molecule has 25 heavy (non-hydrogen) atoms. The van der Waals surface area contributed by atoms with Gasteiger partial charge in [-0.1, -0.05) is 37.3 Å². The van der Waals surface area contributed by atoms with Crippen LogP contribution < -0.4 is 10.6 Å². The Kier molecular flexibility index (Phi) is 6.64. The van der Waals surface area contributed by atoms with E-state index in [4.69, 9.17) is 0 Å². The Morgan fingerprint density at radius 3 is 2.44 bits per heavy atom. The van der Waals surface area contributed by atoms with Crippen molar-refractivity contribution in [1.29, 1.82) is 0 Å². The van der Waals surface area contributed by atoms with Gasteiger partial charge in [-0.15, -0.1) is 10.2 Å². The molecule has 0 saturated carbocycles. The summed E-state index contributed by atoms with van der Waals surface area (Å²) in [7, 11) is 0. The molecular formula is C18H24N4O2S. The minimum atomic E-state index is -0.233. The predicted molar refractivity (Wildman–Crippen MR) is 101 cm³/mol. The van der Waals surface area contributed by atoms with E-state index in [2.05, 4.69) is 34.7 Å². The molecule has 0 fully saturated rings. The van der Waals surface area contributed by atoms with Gasteiger partial charge in [-0.05, 0) is 37.0 Å². The number of carbonyl (C=O) groups is 2. The summed E-state index contributed by atoms with van der Waals surface area (Å²) in [5.41, 5.74) is 2.93. The van der Waals surface area contributed by atoms with Crippen molar-refractivity contribution in [3.63, 3.8) is 0 Å². The molecule has 0 atom stereocenters. The van der Waals surface area contributed by atoms with E-state index in [0.29, 0.717) is 11.0 Å². The lowest BCUT2D eigenvalue weighted by molar-refractivity contribution is -0.121. The zero-order chi connectivity index (χ0) is 18.4. The lowest BCUT2D eigenvalue weighted by atomic mass is 10.1. The average molecular weight is 360 g/mol. The maximum absolute atomic E-state index is 12.0. The SMILES string of the molecule is Cc1cccc(NC(=O)CCC(=O)Nc2nnc(CC(C)C)s2)c1C. The number of aryl methyl sites for hydroxylation is 1. The summed E-state index contributed by atoms with van der Waals surface area (Å²) in [4.78, 5) is 24.0. The minimum Gasteiger partial charge on any atom is -0.326 e. The van der Waals surface area contributed by atoms with Crippen LogP contribution in [0.2, 0.25) is 0 Å². The van der Waals surface area contributed by atoms with Crippen molar-refractivity contribution in [2.75, 3.05) is 10.6 Å². The van der Waals surface area contributed by atoms with E-state index in [-0.39, 0.29) is 24.7 Å². The number of hydrogen-bond donors (Lipinski definition) is 2. The lowest BCUT2D eigenvalue weighted by Crippen LogP contribution is -2.17. The first kappa shape index (κ1) is 19.1. The normalized spacial score (nSPS) is 10.8. The molecule has 2 amide bonds. The largest absolute Gasteiger partial charge is 0.326 e. The average Bonchev–Trinajstić information content (AvgIpc) is 2.96. The van der Waals surface area contributed by atoms with Gasteiger partial charge < -0.3 is 10.6 Å². The van der Waals surface area contributed by atoms with Crippen molar-refractivity contribution in [3.05, 3.63) is 34.3 Å². The van der Waals surface area contributed by atoms with E-state index >= 15 is 0 Å². The summed E-state index contributed by atoms with van der Waals surface area (Å²) in [5, 5.41) is 15.0. The van der Waals surface area contributed by atoms with Crippen LogP contribution in [0.4, 0.5) is 10.8 Å². The number of hydrogen-bond acceptors (Lipinski definition) is 5. The Labute approximate surface area is 152 Å². The first-order chi connectivity index (χ1) is 11.8. The highest BCUT2D eigenvalue weighted by atomic mass is 32.1. The molecule has 0 aliphatic heterocycles. The second kappa shape index (κ2) is 8.71. The molecule has 0 aliphatic carbocycles. The summed E-state index contributed by atoms with van der Waals surface area (Å²) in [6.07, 6.45) is 1.07. The molecule has 0 spiro atoms. The monoisotopic (exact) mass is 360 g/mol. The predicted octanol–water partition coefficient (Wildman–Crippen LogP) is 3.71. The highest BCUT2D eigenvalue weighted by Crippen LogP contribution is 2.19. The fraction of sp³-hybridized carbons (Fsp3) is 0.444. The van der Waals surface area contributed by atoms with Gasteiger partial charge in [0.25, 0.3) is 0 Å². The molecule has 1 heterocycles. The van der Waals surface area contributed by atoms with Gasteiger partial charge in [0.2, 0.25) is 16.9 Å². The summed E-state index contributed by atoms with van der Waals surface area (Å²) in [5.74, 6) is 0.0789. The molecular weight excluding hydrogens is 336 g/mol. The second-order valence-electron chi connectivity index (χ2n) is 6.44. The Bertz CT molecular complexity index is 755. The van der Waals surface area contributed by atoms with Gasteiger partial charge in [0.15, 0.2) is 0 Å². The molecule has 6 nitrogen and oxygen atoms in total. The summed E-state index contributed by atoms with van der Waals surface area (Å²) >= 11 is 1.38. The van der Waals surface area contributed by atoms with Crippen LogP contribution in [-0.2, 0) is 16.0 Å². The van der Waals surface area contributed by atoms with Gasteiger partial charge in [0, 0.05) is 24.9 Å². The molecule has 0 aliphatic rings. The third-order valence-electron chi connectivity index (χ3n) is 3.75. The summed E-state index contributed by atoms with van der Waals surface area (Å²) in [6.45, 7) is 8.17. The van der Waals surface area contributed by atoms with Gasteiger partial charge in [-0.3, -0.25) is 9.59 Å². The number of nitrogens with zero attached hydrogens (tertiary/aromatic N) is 2. The van der Waals surface area contributed by atoms with Crippen molar-refractivity contribution in [2.24, 2.45) is 5.92 Å². The Morgan fingerprint density at radius 2 is 1.76 bits per heavy atom. The zero-order valence-corrected chi connectivity index (χ0v) is 15.9. The molecule has 7 heteroatoms. The van der Waals surface area contributed by atoms with Crippen LogP contribution in [0.25, 0.3) is 0 Å². The molecule has 0 unspecified atom stereocenters. The fourth-order valence-electron chi connectivity index (χ4n) is 2.24. The molecule has 0 radical (unpaired) electrons. The van der Waals surface area contributed by atoms with E-state index in [1.54, 1.807) is 0 Å². The highest BCUT2D eigenvalue weighted by molar-refractivity contribution is 7.15. The van der Waals surface area contributed by atoms with Crippen LogP contribution in [0, 0.1) is 19.8 Å². The molecule has 0 saturated heterocycles. The number of anilines is 2. The molecule has 134 valence electrons. The van der Waals surface area contributed by atoms with Crippen LogP contribution in [0.3, 0.4) is 0 Å². The number of aromatic nitrogens is 2. The maximum Gasteiger partial charge on any atom is 0.226 e. The standard InChI is InChI=1S/C18H24N4O2S/c1-11(2)10-17-21-22-18(25-17)20-16(24)9-8-15(23)19-14-7-5-6-12(3)13(14)4/h5-7,11H,8-10H2,1-4H3,(H,19,23)(H,20,22,24). The quantitative estimate of drug-likeness (QED) is 0.788. The van der Waals surface area contributed by atoms with Crippen molar-refractivity contribution >= 4 is 34.0 Å². The zero-order valence-electron chi connectivity index (χ0n) is 15.0. The van der Waals surface area contributed by atoms with Gasteiger partial charge >= 0.3 is 0 Å². The molecule has 2 rings (SSSR count). The molecule has 1 aromatic heterocycles. The Hall–Kier alpha value is -2.28. The molecule has 2 aromatic rings. The van der Waals surface area contributed by atoms with Gasteiger partial charge in [0.1, 0.15) is 5.01 Å². The highest BCUT2D eigenvalue weighted by Gasteiger charge is 2.12. The third kappa shape index (κ3) is 5.94. The van der Waals surface area contributed by atoms with Crippen LogP contribution in [-0.4, -0.2) is 22.0 Å². The maximum atomic E-state index is 12.0. The topological polar surface area (TPSA) is 84.0 Å². The smallest absolute Gasteiger partial charge is 0.226 e. The van der Waals surface area contributed by atoms with Crippen LogP contribution in [0.15, 0.2) is 18.2 Å². The second-order valence-corrected chi connectivity index (χ2v) is 7.50. The molecule has 0 bridgehead atoms. The van der Waals surface area contributed by atoms with Crippen molar-refractivity contribution in [2.45, 2.75) is 47.0 Å². The molecule has 2 N–H and O–H groups in total. The van der Waals surface area contributed by atoms with E-state index < -0.39 is 0 Å². The van der Waals surface area contributed by atoms with Crippen molar-refractivity contribution in [1.82, 2.24) is 10.2 Å². The van der Waals surface area contributed by atoms with Gasteiger partial charge in [0.05, 0.1) is 0 Å². The van der Waals surface area contributed by atoms with E-state index in [9.17, 15) is 9.59 Å². The number of nitrogens with one attached hydrogen (secondary N) is 2. The third-order valence-corrected chi connectivity index (χ3v) is 4.61. The number of amides is 2. The van der Waals surface area contributed by atoms with E-state index in [1.165, 1.54) is 11.3 Å². The summed E-state index contributed by atoms with van der Waals surface area (Å²) < 4.78 is 0. The number of rotatable bonds is 7. The van der Waals surface area contributed by atoms with Crippen molar-refractivity contribution in [3.8, 4) is 0 Å². The Morgan fingerprint density at radius 1 is 1.08 bits per heavy atom. The fourth-order valence-corrected chi connectivity index (χ4v) is 3.21.